The number of sulfonamides is 1. The second-order valence-corrected chi connectivity index (χ2v) is 7.65. The van der Waals surface area contributed by atoms with Gasteiger partial charge >= 0.3 is 0 Å². The highest BCUT2D eigenvalue weighted by Crippen LogP contribution is 2.27. The second kappa shape index (κ2) is 4.40. The molecule has 0 radical (unpaired) electrons. The minimum absolute atomic E-state index is 0.149. The molecule has 0 aliphatic rings. The molecule has 16 heavy (non-hydrogen) atoms. The largest absolute Gasteiger partial charge is 0.284 e. The molecule has 0 aromatic heterocycles. The summed E-state index contributed by atoms with van der Waals surface area (Å²) in [6, 6.07) is 3.54. The van der Waals surface area contributed by atoms with Crippen LogP contribution in [0.2, 0.25) is 5.02 Å². The zero-order chi connectivity index (χ0) is 12.6. The average Bonchev–Trinajstić information content (AvgIpc) is 1.97. The van der Waals surface area contributed by atoms with Gasteiger partial charge in [-0.1, -0.05) is 11.6 Å². The molecule has 0 unspecified atom stereocenters. The molecule has 0 bridgehead atoms. The standard InChI is InChI=1S/C7H7Cl2NO4S2/c1-15(11,12)10-5-2-3-7(6(8)4-5)16(9,13)14/h2-4,10H,1H3. The number of anilines is 1. The lowest BCUT2D eigenvalue weighted by atomic mass is 10.3. The van der Waals surface area contributed by atoms with Crippen LogP contribution < -0.4 is 4.72 Å². The van der Waals surface area contributed by atoms with Gasteiger partial charge in [0.1, 0.15) is 4.90 Å². The van der Waals surface area contributed by atoms with Gasteiger partial charge in [0.2, 0.25) is 10.0 Å². The second-order valence-electron chi connectivity index (χ2n) is 2.96. The summed E-state index contributed by atoms with van der Waals surface area (Å²) in [6.45, 7) is 0. The van der Waals surface area contributed by atoms with E-state index >= 15 is 0 Å². The molecule has 90 valence electrons. The maximum absolute atomic E-state index is 11.0. The van der Waals surface area contributed by atoms with Gasteiger partial charge in [-0.15, -0.1) is 0 Å². The first-order valence-electron chi connectivity index (χ1n) is 3.81. The fourth-order valence-corrected chi connectivity index (χ4v) is 3.06. The number of benzene rings is 1. The molecule has 0 spiro atoms. The van der Waals surface area contributed by atoms with Crippen LogP contribution in [-0.2, 0) is 19.1 Å². The van der Waals surface area contributed by atoms with E-state index in [4.69, 9.17) is 22.3 Å². The summed E-state index contributed by atoms with van der Waals surface area (Å²) in [5, 5.41) is -0.149. The van der Waals surface area contributed by atoms with Crippen molar-refractivity contribution in [1.82, 2.24) is 0 Å². The van der Waals surface area contributed by atoms with E-state index in [1.54, 1.807) is 0 Å². The fourth-order valence-electron chi connectivity index (χ4n) is 0.976. The molecule has 0 amide bonds. The molecule has 0 saturated carbocycles. The van der Waals surface area contributed by atoms with Crippen LogP contribution in [0.1, 0.15) is 0 Å². The predicted octanol–water partition coefficient (Wildman–Crippen LogP) is 1.64. The minimum atomic E-state index is -3.93. The summed E-state index contributed by atoms with van der Waals surface area (Å²) in [5.74, 6) is 0. The van der Waals surface area contributed by atoms with Crippen LogP contribution in [0.5, 0.6) is 0 Å². The molecular weight excluding hydrogens is 297 g/mol. The van der Waals surface area contributed by atoms with E-state index in [1.165, 1.54) is 6.07 Å². The van der Waals surface area contributed by atoms with E-state index in [1.807, 2.05) is 0 Å². The van der Waals surface area contributed by atoms with Crippen molar-refractivity contribution in [1.29, 1.82) is 0 Å². The minimum Gasteiger partial charge on any atom is -0.284 e. The zero-order valence-corrected chi connectivity index (χ0v) is 11.1. The van der Waals surface area contributed by atoms with Gasteiger partial charge in [0.15, 0.2) is 0 Å². The van der Waals surface area contributed by atoms with Crippen LogP contribution in [0.25, 0.3) is 0 Å². The molecular formula is C7H7Cl2NO4S2. The van der Waals surface area contributed by atoms with Crippen LogP contribution in [0, 0.1) is 0 Å². The van der Waals surface area contributed by atoms with Gasteiger partial charge in [0.05, 0.1) is 17.0 Å². The normalized spacial score (nSPS) is 12.4. The van der Waals surface area contributed by atoms with Gasteiger partial charge in [0.25, 0.3) is 9.05 Å². The molecule has 0 aliphatic heterocycles. The topological polar surface area (TPSA) is 80.3 Å². The Morgan fingerprint density at radius 2 is 1.75 bits per heavy atom. The molecule has 0 fully saturated rings. The Hall–Kier alpha value is -0.500. The quantitative estimate of drug-likeness (QED) is 0.861. The van der Waals surface area contributed by atoms with Crippen LogP contribution >= 0.6 is 22.3 Å². The lowest BCUT2D eigenvalue weighted by Gasteiger charge is -2.05. The highest BCUT2D eigenvalue weighted by molar-refractivity contribution is 8.13. The van der Waals surface area contributed by atoms with Gasteiger partial charge in [-0.2, -0.15) is 0 Å². The van der Waals surface area contributed by atoms with Crippen LogP contribution in [0.4, 0.5) is 5.69 Å². The smallest absolute Gasteiger partial charge is 0.262 e. The molecule has 0 heterocycles. The highest BCUT2D eigenvalue weighted by atomic mass is 35.7. The van der Waals surface area contributed by atoms with Crippen molar-refractivity contribution < 1.29 is 16.8 Å². The third-order valence-electron chi connectivity index (χ3n) is 1.50. The van der Waals surface area contributed by atoms with Gasteiger partial charge in [0, 0.05) is 10.7 Å². The van der Waals surface area contributed by atoms with Crippen molar-refractivity contribution in [2.45, 2.75) is 4.90 Å². The van der Waals surface area contributed by atoms with E-state index in [0.717, 1.165) is 18.4 Å². The van der Waals surface area contributed by atoms with Crippen molar-refractivity contribution >= 4 is 47.0 Å². The van der Waals surface area contributed by atoms with E-state index in [0.29, 0.717) is 0 Å². The van der Waals surface area contributed by atoms with E-state index in [-0.39, 0.29) is 15.6 Å². The first-order chi connectivity index (χ1) is 7.09. The Balaban J connectivity index is 3.20. The molecule has 1 rings (SSSR count). The van der Waals surface area contributed by atoms with Gasteiger partial charge in [-0.05, 0) is 18.2 Å². The van der Waals surface area contributed by atoms with Crippen molar-refractivity contribution in [2.75, 3.05) is 11.0 Å². The molecule has 1 aromatic carbocycles. The Morgan fingerprint density at radius 1 is 1.19 bits per heavy atom. The summed E-state index contributed by atoms with van der Waals surface area (Å²) in [5.41, 5.74) is 0.163. The number of rotatable bonds is 3. The Bertz CT molecular complexity index is 609. The van der Waals surface area contributed by atoms with Crippen molar-refractivity contribution in [3.8, 4) is 0 Å². The van der Waals surface area contributed by atoms with Gasteiger partial charge in [-0.3, -0.25) is 4.72 Å². The Kier molecular flexibility index (Phi) is 3.73. The van der Waals surface area contributed by atoms with Crippen LogP contribution in [0.3, 0.4) is 0 Å². The molecule has 0 atom stereocenters. The number of hydrogen-bond acceptors (Lipinski definition) is 4. The van der Waals surface area contributed by atoms with Crippen molar-refractivity contribution in [3.05, 3.63) is 23.2 Å². The molecule has 0 saturated heterocycles. The maximum Gasteiger partial charge on any atom is 0.262 e. The summed E-state index contributed by atoms with van der Waals surface area (Å²) >= 11 is 5.64. The third-order valence-corrected chi connectivity index (χ3v) is 3.91. The maximum atomic E-state index is 11.0. The Morgan fingerprint density at radius 3 is 2.12 bits per heavy atom. The lowest BCUT2D eigenvalue weighted by Crippen LogP contribution is -2.09. The van der Waals surface area contributed by atoms with Crippen LogP contribution in [-0.4, -0.2) is 23.1 Å². The molecule has 0 aliphatic carbocycles. The average molecular weight is 304 g/mol. The van der Waals surface area contributed by atoms with Crippen molar-refractivity contribution in [2.24, 2.45) is 0 Å². The van der Waals surface area contributed by atoms with E-state index < -0.39 is 19.1 Å². The van der Waals surface area contributed by atoms with Gasteiger partial charge < -0.3 is 0 Å². The number of hydrogen-bond donors (Lipinski definition) is 1. The first-order valence-corrected chi connectivity index (χ1v) is 8.39. The van der Waals surface area contributed by atoms with Gasteiger partial charge in [-0.25, -0.2) is 16.8 Å². The lowest BCUT2D eigenvalue weighted by molar-refractivity contribution is 0.606. The molecule has 1 aromatic rings. The fraction of sp³-hybridized carbons (Fsp3) is 0.143. The summed E-state index contributed by atoms with van der Waals surface area (Å²) < 4.78 is 45.9. The molecule has 5 nitrogen and oxygen atoms in total. The highest BCUT2D eigenvalue weighted by Gasteiger charge is 2.15. The third kappa shape index (κ3) is 3.82. The van der Waals surface area contributed by atoms with Crippen molar-refractivity contribution in [3.63, 3.8) is 0 Å². The number of nitrogens with one attached hydrogen (secondary N) is 1. The predicted molar refractivity (Wildman–Crippen MR) is 63.0 cm³/mol. The summed E-state index contributed by atoms with van der Waals surface area (Å²) in [4.78, 5) is -0.269. The number of halogens is 2. The van der Waals surface area contributed by atoms with E-state index in [9.17, 15) is 16.8 Å². The summed E-state index contributed by atoms with van der Waals surface area (Å²) in [7, 11) is -2.27. The first kappa shape index (κ1) is 13.6. The Labute approximate surface area is 103 Å². The van der Waals surface area contributed by atoms with E-state index in [2.05, 4.69) is 4.72 Å². The van der Waals surface area contributed by atoms with Crippen LogP contribution in [0.15, 0.2) is 23.1 Å². The zero-order valence-electron chi connectivity index (χ0n) is 7.94. The molecule has 9 heteroatoms. The summed E-state index contributed by atoms with van der Waals surface area (Å²) in [6.07, 6.45) is 0.965. The SMILES string of the molecule is CS(=O)(=O)Nc1ccc(S(=O)(=O)Cl)c(Cl)c1. The monoisotopic (exact) mass is 303 g/mol. The molecule has 1 N–H and O–H groups in total.